The summed E-state index contributed by atoms with van der Waals surface area (Å²) in [4.78, 5) is 14.8. The molecule has 0 spiro atoms. The number of hydrogen-bond acceptors (Lipinski definition) is 5. The number of amides is 1. The Hall–Kier alpha value is -2.57. The molecule has 3 rings (SSSR count). The van der Waals surface area contributed by atoms with Crippen molar-refractivity contribution in [2.75, 3.05) is 46.6 Å². The number of rotatable bonds is 8. The van der Waals surface area contributed by atoms with Crippen molar-refractivity contribution < 1.29 is 19.0 Å². The summed E-state index contributed by atoms with van der Waals surface area (Å²) in [6.45, 7) is 7.63. The lowest BCUT2D eigenvalue weighted by molar-refractivity contribution is -0.123. The smallest absolute Gasteiger partial charge is 0.258 e. The minimum absolute atomic E-state index is 0.00233. The first-order chi connectivity index (χ1) is 14.1. The number of hydrogen-bond donors (Lipinski definition) is 1. The molecule has 29 heavy (non-hydrogen) atoms. The van der Waals surface area contributed by atoms with E-state index >= 15 is 0 Å². The van der Waals surface area contributed by atoms with E-state index in [0.29, 0.717) is 19.8 Å². The number of morpholine rings is 1. The van der Waals surface area contributed by atoms with Gasteiger partial charge in [-0.2, -0.15) is 0 Å². The average Bonchev–Trinajstić information content (AvgIpc) is 2.74. The highest BCUT2D eigenvalue weighted by atomic mass is 16.5. The highest BCUT2D eigenvalue weighted by Crippen LogP contribution is 2.24. The topological polar surface area (TPSA) is 60.0 Å². The van der Waals surface area contributed by atoms with Crippen molar-refractivity contribution >= 4 is 5.91 Å². The molecule has 1 heterocycles. The largest absolute Gasteiger partial charge is 0.497 e. The Morgan fingerprint density at radius 3 is 2.52 bits per heavy atom. The molecule has 1 aliphatic rings. The Morgan fingerprint density at radius 1 is 1.14 bits per heavy atom. The van der Waals surface area contributed by atoms with Crippen LogP contribution >= 0.6 is 0 Å². The first-order valence-corrected chi connectivity index (χ1v) is 9.99. The van der Waals surface area contributed by atoms with Crippen LogP contribution in [0.5, 0.6) is 11.5 Å². The predicted molar refractivity (Wildman–Crippen MR) is 113 cm³/mol. The molecule has 156 valence electrons. The Bertz CT molecular complexity index is 801. The summed E-state index contributed by atoms with van der Waals surface area (Å²) in [5, 5.41) is 3.03. The normalized spacial score (nSPS) is 15.6. The molecule has 2 aromatic rings. The van der Waals surface area contributed by atoms with E-state index in [2.05, 4.69) is 22.3 Å². The second-order valence-corrected chi connectivity index (χ2v) is 7.30. The first-order valence-electron chi connectivity index (χ1n) is 9.99. The van der Waals surface area contributed by atoms with Crippen LogP contribution in [-0.4, -0.2) is 57.4 Å². The Kier molecular flexibility index (Phi) is 7.49. The van der Waals surface area contributed by atoms with Gasteiger partial charge < -0.3 is 19.5 Å². The van der Waals surface area contributed by atoms with Crippen LogP contribution in [0.3, 0.4) is 0 Å². The Balaban J connectivity index is 1.60. The fourth-order valence-corrected chi connectivity index (χ4v) is 3.54. The SMILES string of the molecule is COc1ccc(C(CNC(=O)COc2ccc(C)cc2C)N2CCOCC2)cc1. The molecular formula is C23H30N2O4. The number of carbonyl (C=O) groups excluding carboxylic acids is 1. The standard InChI is InChI=1S/C23H30N2O4/c1-17-4-9-22(18(2)14-17)29-16-23(26)24-15-21(25-10-12-28-13-11-25)19-5-7-20(27-3)8-6-19/h4-9,14,21H,10-13,15-16H2,1-3H3,(H,24,26). The van der Waals surface area contributed by atoms with Crippen LogP contribution in [0.15, 0.2) is 42.5 Å². The fourth-order valence-electron chi connectivity index (χ4n) is 3.54. The van der Waals surface area contributed by atoms with Gasteiger partial charge in [-0.25, -0.2) is 0 Å². The van der Waals surface area contributed by atoms with E-state index in [0.717, 1.165) is 35.7 Å². The van der Waals surface area contributed by atoms with Crippen LogP contribution in [-0.2, 0) is 9.53 Å². The van der Waals surface area contributed by atoms with E-state index in [9.17, 15) is 4.79 Å². The molecule has 0 saturated carbocycles. The summed E-state index contributed by atoms with van der Waals surface area (Å²) in [6.07, 6.45) is 0. The van der Waals surface area contributed by atoms with Crippen LogP contribution < -0.4 is 14.8 Å². The van der Waals surface area contributed by atoms with Gasteiger partial charge in [0.1, 0.15) is 11.5 Å². The van der Waals surface area contributed by atoms with Crippen molar-refractivity contribution in [3.05, 3.63) is 59.2 Å². The highest BCUT2D eigenvalue weighted by Gasteiger charge is 2.23. The number of benzene rings is 2. The third-order valence-electron chi connectivity index (χ3n) is 5.17. The van der Waals surface area contributed by atoms with Gasteiger partial charge in [-0.3, -0.25) is 9.69 Å². The second kappa shape index (κ2) is 10.3. The van der Waals surface area contributed by atoms with Gasteiger partial charge >= 0.3 is 0 Å². The van der Waals surface area contributed by atoms with Crippen LogP contribution in [0.4, 0.5) is 0 Å². The Labute approximate surface area is 172 Å². The zero-order chi connectivity index (χ0) is 20.6. The molecule has 6 nitrogen and oxygen atoms in total. The summed E-state index contributed by atoms with van der Waals surface area (Å²) in [5.74, 6) is 1.43. The lowest BCUT2D eigenvalue weighted by Crippen LogP contribution is -2.44. The molecule has 1 N–H and O–H groups in total. The van der Waals surface area contributed by atoms with Gasteiger partial charge in [0.15, 0.2) is 6.61 Å². The third-order valence-corrected chi connectivity index (χ3v) is 5.17. The van der Waals surface area contributed by atoms with Gasteiger partial charge in [-0.05, 0) is 43.2 Å². The van der Waals surface area contributed by atoms with Gasteiger partial charge in [-0.15, -0.1) is 0 Å². The van der Waals surface area contributed by atoms with E-state index in [1.54, 1.807) is 7.11 Å². The van der Waals surface area contributed by atoms with E-state index in [-0.39, 0.29) is 18.6 Å². The number of nitrogens with one attached hydrogen (secondary N) is 1. The van der Waals surface area contributed by atoms with E-state index in [1.807, 2.05) is 44.2 Å². The molecule has 1 unspecified atom stereocenters. The van der Waals surface area contributed by atoms with Gasteiger partial charge in [0.25, 0.3) is 5.91 Å². The number of aryl methyl sites for hydroxylation is 2. The van der Waals surface area contributed by atoms with Crippen molar-refractivity contribution in [1.29, 1.82) is 0 Å². The molecule has 1 amide bonds. The second-order valence-electron chi connectivity index (χ2n) is 7.30. The van der Waals surface area contributed by atoms with Crippen LogP contribution in [0.25, 0.3) is 0 Å². The Morgan fingerprint density at radius 2 is 1.86 bits per heavy atom. The summed E-state index contributed by atoms with van der Waals surface area (Å²) in [6, 6.07) is 14.0. The molecule has 6 heteroatoms. The zero-order valence-electron chi connectivity index (χ0n) is 17.4. The molecule has 2 aromatic carbocycles. The lowest BCUT2D eigenvalue weighted by atomic mass is 10.0. The molecule has 0 aromatic heterocycles. The van der Waals surface area contributed by atoms with E-state index in [4.69, 9.17) is 14.2 Å². The summed E-state index contributed by atoms with van der Waals surface area (Å²) >= 11 is 0. The van der Waals surface area contributed by atoms with Crippen LogP contribution in [0.1, 0.15) is 22.7 Å². The number of methoxy groups -OCH3 is 1. The maximum atomic E-state index is 12.4. The fraction of sp³-hybridized carbons (Fsp3) is 0.435. The minimum Gasteiger partial charge on any atom is -0.497 e. The van der Waals surface area contributed by atoms with Gasteiger partial charge in [0, 0.05) is 19.6 Å². The first kappa shape index (κ1) is 21.1. The molecule has 0 bridgehead atoms. The summed E-state index contributed by atoms with van der Waals surface area (Å²) in [7, 11) is 1.66. The van der Waals surface area contributed by atoms with Crippen LogP contribution in [0.2, 0.25) is 0 Å². The van der Waals surface area contributed by atoms with Gasteiger partial charge in [-0.1, -0.05) is 29.8 Å². The minimum atomic E-state index is -0.128. The summed E-state index contributed by atoms with van der Waals surface area (Å²) in [5.41, 5.74) is 3.35. The maximum absolute atomic E-state index is 12.4. The average molecular weight is 399 g/mol. The molecule has 1 saturated heterocycles. The highest BCUT2D eigenvalue weighted by molar-refractivity contribution is 5.77. The molecular weight excluding hydrogens is 368 g/mol. The van der Waals surface area contributed by atoms with Gasteiger partial charge in [0.2, 0.25) is 0 Å². The van der Waals surface area contributed by atoms with Crippen molar-refractivity contribution in [2.24, 2.45) is 0 Å². The number of nitrogens with zero attached hydrogens (tertiary/aromatic N) is 1. The van der Waals surface area contributed by atoms with Crippen molar-refractivity contribution in [1.82, 2.24) is 10.2 Å². The molecule has 0 aliphatic carbocycles. The lowest BCUT2D eigenvalue weighted by Gasteiger charge is -2.35. The monoisotopic (exact) mass is 398 g/mol. The molecule has 1 aliphatic heterocycles. The van der Waals surface area contributed by atoms with Crippen molar-refractivity contribution in [3.8, 4) is 11.5 Å². The van der Waals surface area contributed by atoms with E-state index in [1.165, 1.54) is 5.56 Å². The summed E-state index contributed by atoms with van der Waals surface area (Å²) < 4.78 is 16.5. The zero-order valence-corrected chi connectivity index (χ0v) is 17.4. The van der Waals surface area contributed by atoms with Gasteiger partial charge in [0.05, 0.1) is 26.4 Å². The predicted octanol–water partition coefficient (Wildman–Crippen LogP) is 2.88. The maximum Gasteiger partial charge on any atom is 0.258 e. The van der Waals surface area contributed by atoms with Crippen molar-refractivity contribution in [2.45, 2.75) is 19.9 Å². The van der Waals surface area contributed by atoms with E-state index < -0.39 is 0 Å². The third kappa shape index (κ3) is 5.95. The number of ether oxygens (including phenoxy) is 3. The quantitative estimate of drug-likeness (QED) is 0.741. The van der Waals surface area contributed by atoms with Crippen molar-refractivity contribution in [3.63, 3.8) is 0 Å². The molecule has 0 radical (unpaired) electrons. The molecule has 1 fully saturated rings. The van der Waals surface area contributed by atoms with Crippen LogP contribution in [0, 0.1) is 13.8 Å². The number of carbonyl (C=O) groups is 1. The molecule has 1 atom stereocenters.